The van der Waals surface area contributed by atoms with E-state index in [1.165, 1.54) is 19.4 Å². The van der Waals surface area contributed by atoms with Crippen LogP contribution >= 0.6 is 0 Å². The summed E-state index contributed by atoms with van der Waals surface area (Å²) in [5.41, 5.74) is 0. The third-order valence-electron chi connectivity index (χ3n) is 2.78. The van der Waals surface area contributed by atoms with Crippen molar-refractivity contribution in [1.82, 2.24) is 15.1 Å². The average molecular weight is 209 g/mol. The van der Waals surface area contributed by atoms with Crippen LogP contribution in [0.4, 0.5) is 0 Å². The molecule has 4 nitrogen and oxygen atoms in total. The molecule has 15 heavy (non-hydrogen) atoms. The lowest BCUT2D eigenvalue weighted by atomic mass is 10.0. The van der Waals surface area contributed by atoms with E-state index in [0.717, 1.165) is 26.3 Å². The van der Waals surface area contributed by atoms with Gasteiger partial charge in [-0.15, -0.1) is 0 Å². The van der Waals surface area contributed by atoms with Crippen LogP contribution < -0.4 is 5.32 Å². The second-order valence-electron chi connectivity index (χ2n) is 4.06. The maximum atomic E-state index is 5.65. The van der Waals surface area contributed by atoms with E-state index in [0.29, 0.717) is 5.92 Å². The number of nitrogens with one attached hydrogen (secondary N) is 1. The minimum atomic E-state index is 0.705. The Morgan fingerprint density at radius 2 is 2.53 bits per heavy atom. The number of hydrogen-bond acceptors (Lipinski definition) is 3. The first-order chi connectivity index (χ1) is 7.45. The lowest BCUT2D eigenvalue weighted by molar-refractivity contribution is 0.0825. The topological polar surface area (TPSA) is 39.1 Å². The summed E-state index contributed by atoms with van der Waals surface area (Å²) in [6.07, 6.45) is 6.35. The molecule has 2 rings (SSSR count). The van der Waals surface area contributed by atoms with Crippen molar-refractivity contribution in [2.45, 2.75) is 19.4 Å². The van der Waals surface area contributed by atoms with Crippen molar-refractivity contribution in [2.75, 3.05) is 26.3 Å². The number of nitrogens with zero attached hydrogens (tertiary/aromatic N) is 2. The molecule has 1 atom stereocenters. The molecule has 1 fully saturated rings. The van der Waals surface area contributed by atoms with Gasteiger partial charge in [0, 0.05) is 18.9 Å². The van der Waals surface area contributed by atoms with E-state index in [4.69, 9.17) is 4.74 Å². The van der Waals surface area contributed by atoms with Crippen LogP contribution in [-0.2, 0) is 11.3 Å². The minimum absolute atomic E-state index is 0.705. The van der Waals surface area contributed by atoms with Crippen molar-refractivity contribution in [3.63, 3.8) is 0 Å². The summed E-state index contributed by atoms with van der Waals surface area (Å²) in [5, 5.41) is 7.52. The van der Waals surface area contributed by atoms with E-state index in [-0.39, 0.29) is 0 Å². The number of aromatic nitrogens is 2. The van der Waals surface area contributed by atoms with Crippen LogP contribution in [0.25, 0.3) is 0 Å². The number of rotatable bonds is 5. The van der Waals surface area contributed by atoms with Crippen molar-refractivity contribution in [3.8, 4) is 0 Å². The molecule has 2 heterocycles. The average Bonchev–Trinajstić information content (AvgIpc) is 2.79. The van der Waals surface area contributed by atoms with Gasteiger partial charge in [-0.25, -0.2) is 0 Å². The van der Waals surface area contributed by atoms with Crippen molar-refractivity contribution < 1.29 is 4.74 Å². The summed E-state index contributed by atoms with van der Waals surface area (Å²) < 4.78 is 7.55. The Balaban J connectivity index is 1.54. The Hall–Kier alpha value is -0.870. The van der Waals surface area contributed by atoms with Gasteiger partial charge >= 0.3 is 0 Å². The summed E-state index contributed by atoms with van der Waals surface area (Å²) in [7, 11) is 0. The number of piperidine rings is 1. The standard InChI is InChI=1S/C11H19N3O/c1-3-11(9-12-4-1)10-15-8-7-14-6-2-5-13-14/h2,5-6,11-12H,1,3-4,7-10H2. The SMILES string of the molecule is c1cnn(CCOCC2CCCNC2)c1. The summed E-state index contributed by atoms with van der Waals surface area (Å²) in [6.45, 7) is 4.78. The van der Waals surface area contributed by atoms with Crippen molar-refractivity contribution in [2.24, 2.45) is 5.92 Å². The molecule has 1 saturated heterocycles. The summed E-state index contributed by atoms with van der Waals surface area (Å²) in [5.74, 6) is 0.705. The molecule has 4 heteroatoms. The molecular weight excluding hydrogens is 190 g/mol. The molecule has 1 aliphatic rings. The second kappa shape index (κ2) is 5.88. The fourth-order valence-electron chi connectivity index (χ4n) is 1.91. The molecule has 0 radical (unpaired) electrons. The number of ether oxygens (including phenoxy) is 1. The molecule has 1 aromatic heterocycles. The maximum Gasteiger partial charge on any atom is 0.0662 e. The third-order valence-corrected chi connectivity index (χ3v) is 2.78. The van der Waals surface area contributed by atoms with Gasteiger partial charge in [0.25, 0.3) is 0 Å². The minimum Gasteiger partial charge on any atom is -0.379 e. The van der Waals surface area contributed by atoms with Gasteiger partial charge in [0.15, 0.2) is 0 Å². The Morgan fingerprint density at radius 1 is 1.53 bits per heavy atom. The molecule has 1 aliphatic heterocycles. The molecule has 0 aliphatic carbocycles. The van der Waals surface area contributed by atoms with Gasteiger partial charge in [-0.1, -0.05) is 0 Å². The fraction of sp³-hybridized carbons (Fsp3) is 0.727. The molecule has 0 amide bonds. The van der Waals surface area contributed by atoms with Gasteiger partial charge < -0.3 is 10.1 Å². The highest BCUT2D eigenvalue weighted by Gasteiger charge is 2.12. The lowest BCUT2D eigenvalue weighted by Gasteiger charge is -2.22. The smallest absolute Gasteiger partial charge is 0.0662 e. The largest absolute Gasteiger partial charge is 0.379 e. The van der Waals surface area contributed by atoms with Gasteiger partial charge in [-0.05, 0) is 31.4 Å². The van der Waals surface area contributed by atoms with E-state index in [1.54, 1.807) is 6.20 Å². The Morgan fingerprint density at radius 3 is 3.27 bits per heavy atom. The van der Waals surface area contributed by atoms with Gasteiger partial charge in [0.2, 0.25) is 0 Å². The maximum absolute atomic E-state index is 5.65. The van der Waals surface area contributed by atoms with Crippen LogP contribution in [0.2, 0.25) is 0 Å². The molecule has 0 saturated carbocycles. The van der Waals surface area contributed by atoms with Crippen LogP contribution in [-0.4, -0.2) is 36.1 Å². The van der Waals surface area contributed by atoms with Gasteiger partial charge in [0.05, 0.1) is 19.8 Å². The molecule has 0 bridgehead atoms. The first-order valence-electron chi connectivity index (χ1n) is 5.71. The Kier molecular flexibility index (Phi) is 4.17. The van der Waals surface area contributed by atoms with Crippen molar-refractivity contribution in [3.05, 3.63) is 18.5 Å². The third kappa shape index (κ3) is 3.64. The summed E-state index contributed by atoms with van der Waals surface area (Å²) >= 11 is 0. The highest BCUT2D eigenvalue weighted by Crippen LogP contribution is 2.09. The van der Waals surface area contributed by atoms with Gasteiger partial charge in [0.1, 0.15) is 0 Å². The first kappa shape index (κ1) is 10.6. The van der Waals surface area contributed by atoms with Gasteiger partial charge in [-0.2, -0.15) is 5.10 Å². The molecule has 1 aromatic rings. The van der Waals surface area contributed by atoms with Gasteiger partial charge in [-0.3, -0.25) is 4.68 Å². The van der Waals surface area contributed by atoms with Crippen LogP contribution in [0.5, 0.6) is 0 Å². The molecule has 0 aromatic carbocycles. The number of hydrogen-bond donors (Lipinski definition) is 1. The van der Waals surface area contributed by atoms with Crippen molar-refractivity contribution >= 4 is 0 Å². The lowest BCUT2D eigenvalue weighted by Crippen LogP contribution is -2.32. The normalized spacial score (nSPS) is 21.7. The zero-order valence-electron chi connectivity index (χ0n) is 9.06. The molecule has 0 spiro atoms. The van der Waals surface area contributed by atoms with Crippen LogP contribution in [0, 0.1) is 5.92 Å². The molecular formula is C11H19N3O. The van der Waals surface area contributed by atoms with E-state index in [9.17, 15) is 0 Å². The summed E-state index contributed by atoms with van der Waals surface area (Å²) in [4.78, 5) is 0. The zero-order chi connectivity index (χ0) is 10.3. The second-order valence-corrected chi connectivity index (χ2v) is 4.06. The first-order valence-corrected chi connectivity index (χ1v) is 5.71. The predicted molar refractivity (Wildman–Crippen MR) is 58.6 cm³/mol. The molecule has 1 unspecified atom stereocenters. The van der Waals surface area contributed by atoms with E-state index in [1.807, 2.05) is 16.9 Å². The molecule has 1 N–H and O–H groups in total. The van der Waals surface area contributed by atoms with E-state index in [2.05, 4.69) is 10.4 Å². The molecule has 84 valence electrons. The highest BCUT2D eigenvalue weighted by atomic mass is 16.5. The highest BCUT2D eigenvalue weighted by molar-refractivity contribution is 4.77. The van der Waals surface area contributed by atoms with E-state index >= 15 is 0 Å². The van der Waals surface area contributed by atoms with E-state index < -0.39 is 0 Å². The Bertz CT molecular complexity index is 255. The fourth-order valence-corrected chi connectivity index (χ4v) is 1.91. The Labute approximate surface area is 90.6 Å². The summed E-state index contributed by atoms with van der Waals surface area (Å²) in [6, 6.07) is 1.94. The quantitative estimate of drug-likeness (QED) is 0.732. The predicted octanol–water partition coefficient (Wildman–Crippen LogP) is 0.899. The zero-order valence-corrected chi connectivity index (χ0v) is 9.06. The van der Waals surface area contributed by atoms with Crippen LogP contribution in [0.1, 0.15) is 12.8 Å². The van der Waals surface area contributed by atoms with Crippen molar-refractivity contribution in [1.29, 1.82) is 0 Å². The van der Waals surface area contributed by atoms with Crippen LogP contribution in [0.15, 0.2) is 18.5 Å². The van der Waals surface area contributed by atoms with Crippen LogP contribution in [0.3, 0.4) is 0 Å². The monoisotopic (exact) mass is 209 g/mol.